The standard InChI is InChI=1S/C17H27NOS2/c1-6-9-16(4,7-2)17(5)10-8-12(11(17)3)13-14(20)18-15(19)21-13/h11H,6-10H2,1-5H3,(H,18,19,20). The van der Waals surface area contributed by atoms with Crippen LogP contribution in [0.5, 0.6) is 0 Å². The van der Waals surface area contributed by atoms with Crippen LogP contribution in [0, 0.1) is 16.7 Å². The second kappa shape index (κ2) is 6.04. The monoisotopic (exact) mass is 325 g/mol. The topological polar surface area (TPSA) is 29.1 Å². The van der Waals surface area contributed by atoms with E-state index < -0.39 is 0 Å². The minimum atomic E-state index is -0.0184. The summed E-state index contributed by atoms with van der Waals surface area (Å²) in [5.74, 6) is 0.488. The summed E-state index contributed by atoms with van der Waals surface area (Å²) in [5, 5.41) is 2.75. The number of thiocarbonyl (C=S) groups is 1. The van der Waals surface area contributed by atoms with Crippen LogP contribution in [0.25, 0.3) is 0 Å². The Labute approximate surface area is 138 Å². The van der Waals surface area contributed by atoms with E-state index in [0.717, 1.165) is 11.3 Å². The average molecular weight is 326 g/mol. The number of carbonyl (C=O) groups is 1. The van der Waals surface area contributed by atoms with Gasteiger partial charge in [-0.05, 0) is 53.3 Å². The fourth-order valence-electron chi connectivity index (χ4n) is 4.29. The molecule has 0 bridgehead atoms. The SMILES string of the molecule is CCCC(C)(CC)C1(C)CCC(=C2SC(=O)NC2=S)C1C. The summed E-state index contributed by atoms with van der Waals surface area (Å²) >= 11 is 6.64. The van der Waals surface area contributed by atoms with Crippen molar-refractivity contribution in [3.63, 3.8) is 0 Å². The first kappa shape index (κ1) is 17.0. The molecule has 1 saturated carbocycles. The second-order valence-electron chi connectivity index (χ2n) is 7.00. The van der Waals surface area contributed by atoms with Crippen LogP contribution in [0.15, 0.2) is 10.5 Å². The number of rotatable bonds is 4. The molecule has 2 fully saturated rings. The van der Waals surface area contributed by atoms with Gasteiger partial charge in [-0.2, -0.15) is 0 Å². The van der Waals surface area contributed by atoms with E-state index in [2.05, 4.69) is 39.9 Å². The lowest BCUT2D eigenvalue weighted by Crippen LogP contribution is -2.39. The van der Waals surface area contributed by atoms with Crippen LogP contribution in [0.4, 0.5) is 4.79 Å². The molecule has 0 spiro atoms. The quantitative estimate of drug-likeness (QED) is 0.533. The molecular formula is C17H27NOS2. The normalized spacial score (nSPS) is 36.0. The molecule has 118 valence electrons. The fraction of sp³-hybridized carbons (Fsp3) is 0.765. The van der Waals surface area contributed by atoms with Crippen LogP contribution in [-0.2, 0) is 0 Å². The summed E-state index contributed by atoms with van der Waals surface area (Å²) in [6, 6.07) is 0. The van der Waals surface area contributed by atoms with Gasteiger partial charge in [0.2, 0.25) is 0 Å². The van der Waals surface area contributed by atoms with Crippen LogP contribution in [0.2, 0.25) is 0 Å². The van der Waals surface area contributed by atoms with E-state index in [1.54, 1.807) is 0 Å². The lowest BCUT2D eigenvalue weighted by molar-refractivity contribution is 0.0279. The van der Waals surface area contributed by atoms with Crippen molar-refractivity contribution in [1.82, 2.24) is 5.32 Å². The van der Waals surface area contributed by atoms with Gasteiger partial charge in [-0.25, -0.2) is 0 Å². The zero-order chi connectivity index (χ0) is 15.8. The van der Waals surface area contributed by atoms with Crippen molar-refractivity contribution in [3.8, 4) is 0 Å². The summed E-state index contributed by atoms with van der Waals surface area (Å²) in [7, 11) is 0. The van der Waals surface area contributed by atoms with Gasteiger partial charge in [0.1, 0.15) is 4.99 Å². The minimum absolute atomic E-state index is 0.0184. The van der Waals surface area contributed by atoms with E-state index in [4.69, 9.17) is 12.2 Å². The van der Waals surface area contributed by atoms with Gasteiger partial charge >= 0.3 is 0 Å². The molecule has 3 atom stereocenters. The van der Waals surface area contributed by atoms with Gasteiger partial charge in [0, 0.05) is 0 Å². The van der Waals surface area contributed by atoms with E-state index in [1.807, 2.05) is 0 Å². The van der Waals surface area contributed by atoms with Gasteiger partial charge in [0.05, 0.1) is 4.91 Å². The number of thioether (sulfide) groups is 1. The molecule has 0 aromatic heterocycles. The molecule has 3 unspecified atom stereocenters. The molecule has 1 aliphatic heterocycles. The van der Waals surface area contributed by atoms with E-state index >= 15 is 0 Å². The third kappa shape index (κ3) is 2.70. The Bertz CT molecular complexity index is 499. The molecule has 1 saturated heterocycles. The van der Waals surface area contributed by atoms with E-state index in [0.29, 0.717) is 21.7 Å². The zero-order valence-corrected chi connectivity index (χ0v) is 15.5. The smallest absolute Gasteiger partial charge is 0.289 e. The summed E-state index contributed by atoms with van der Waals surface area (Å²) in [6.45, 7) is 11.8. The molecule has 2 nitrogen and oxygen atoms in total. The third-order valence-corrected chi connectivity index (χ3v) is 7.65. The summed E-state index contributed by atoms with van der Waals surface area (Å²) in [6.07, 6.45) is 5.98. The summed E-state index contributed by atoms with van der Waals surface area (Å²) < 4.78 is 0. The Morgan fingerprint density at radius 3 is 2.62 bits per heavy atom. The van der Waals surface area contributed by atoms with Crippen LogP contribution >= 0.6 is 24.0 Å². The highest BCUT2D eigenvalue weighted by molar-refractivity contribution is 8.19. The first-order valence-corrected chi connectivity index (χ1v) is 9.27. The van der Waals surface area contributed by atoms with Crippen LogP contribution in [0.1, 0.15) is 66.7 Å². The Kier molecular flexibility index (Phi) is 4.89. The highest BCUT2D eigenvalue weighted by atomic mass is 32.2. The first-order valence-electron chi connectivity index (χ1n) is 8.05. The molecule has 2 rings (SSSR count). The van der Waals surface area contributed by atoms with Gasteiger partial charge in [0.25, 0.3) is 5.24 Å². The predicted molar refractivity (Wildman–Crippen MR) is 95.6 cm³/mol. The van der Waals surface area contributed by atoms with Crippen molar-refractivity contribution in [2.45, 2.75) is 66.7 Å². The predicted octanol–water partition coefficient (Wildman–Crippen LogP) is 5.68. The maximum Gasteiger partial charge on any atom is 0.289 e. The molecule has 1 aliphatic carbocycles. The average Bonchev–Trinajstić information content (AvgIpc) is 2.91. The van der Waals surface area contributed by atoms with Crippen LogP contribution < -0.4 is 5.32 Å². The van der Waals surface area contributed by atoms with E-state index in [-0.39, 0.29) is 5.24 Å². The summed E-state index contributed by atoms with van der Waals surface area (Å²) in [5.41, 5.74) is 2.05. The van der Waals surface area contributed by atoms with Crippen LogP contribution in [-0.4, -0.2) is 10.2 Å². The molecular weight excluding hydrogens is 298 g/mol. The number of hydrogen-bond donors (Lipinski definition) is 1. The van der Waals surface area contributed by atoms with Crippen LogP contribution in [0.3, 0.4) is 0 Å². The lowest BCUT2D eigenvalue weighted by Gasteiger charge is -2.47. The molecule has 1 N–H and O–H groups in total. The van der Waals surface area contributed by atoms with Crippen molar-refractivity contribution in [3.05, 3.63) is 10.5 Å². The largest absolute Gasteiger partial charge is 0.307 e. The van der Waals surface area contributed by atoms with Crippen molar-refractivity contribution >= 4 is 34.2 Å². The number of carbonyl (C=O) groups excluding carboxylic acids is 1. The molecule has 2 aliphatic rings. The molecule has 1 amide bonds. The Morgan fingerprint density at radius 2 is 2.14 bits per heavy atom. The molecule has 4 heteroatoms. The van der Waals surface area contributed by atoms with Crippen molar-refractivity contribution in [2.24, 2.45) is 16.7 Å². The fourth-order valence-corrected chi connectivity index (χ4v) is 5.60. The van der Waals surface area contributed by atoms with Crippen molar-refractivity contribution < 1.29 is 4.79 Å². The minimum Gasteiger partial charge on any atom is -0.307 e. The number of allylic oxidation sites excluding steroid dienone is 1. The molecule has 0 radical (unpaired) electrons. The molecule has 0 aromatic carbocycles. The maximum atomic E-state index is 11.6. The molecule has 0 aromatic rings. The Hall–Kier alpha value is -0.350. The zero-order valence-electron chi connectivity index (χ0n) is 13.8. The van der Waals surface area contributed by atoms with Gasteiger partial charge in [-0.1, -0.05) is 59.7 Å². The number of nitrogens with one attached hydrogen (secondary N) is 1. The van der Waals surface area contributed by atoms with Crippen molar-refractivity contribution in [1.29, 1.82) is 0 Å². The maximum absolute atomic E-state index is 11.6. The van der Waals surface area contributed by atoms with Crippen molar-refractivity contribution in [2.75, 3.05) is 0 Å². The molecule has 1 heterocycles. The third-order valence-electron chi connectivity index (χ3n) is 6.26. The highest BCUT2D eigenvalue weighted by Crippen LogP contribution is 2.60. The Morgan fingerprint density at radius 1 is 1.48 bits per heavy atom. The van der Waals surface area contributed by atoms with Gasteiger partial charge in [0.15, 0.2) is 0 Å². The van der Waals surface area contributed by atoms with Gasteiger partial charge in [-0.3, -0.25) is 4.79 Å². The van der Waals surface area contributed by atoms with E-state index in [9.17, 15) is 4.79 Å². The second-order valence-corrected chi connectivity index (χ2v) is 8.39. The molecule has 21 heavy (non-hydrogen) atoms. The lowest BCUT2D eigenvalue weighted by atomic mass is 9.57. The first-order chi connectivity index (χ1) is 9.79. The summed E-state index contributed by atoms with van der Waals surface area (Å²) in [4.78, 5) is 13.3. The van der Waals surface area contributed by atoms with Gasteiger partial charge < -0.3 is 5.32 Å². The number of hydrogen-bond acceptors (Lipinski definition) is 3. The van der Waals surface area contributed by atoms with Gasteiger partial charge in [-0.15, -0.1) is 0 Å². The Balaban J connectivity index is 2.37. The highest BCUT2D eigenvalue weighted by Gasteiger charge is 2.51. The number of amides is 1. The van der Waals surface area contributed by atoms with E-state index in [1.165, 1.54) is 43.0 Å².